The summed E-state index contributed by atoms with van der Waals surface area (Å²) in [6, 6.07) is 5.54. The molecule has 0 saturated carbocycles. The number of carboxylic acid groups (broad SMARTS) is 1. The van der Waals surface area contributed by atoms with Crippen LogP contribution in [-0.4, -0.2) is 41.7 Å². The van der Waals surface area contributed by atoms with E-state index in [1.54, 1.807) is 12.1 Å². The number of hydrogen-bond donors (Lipinski definition) is 1. The van der Waals surface area contributed by atoms with Crippen molar-refractivity contribution in [2.45, 2.75) is 18.9 Å². The molecule has 1 aromatic carbocycles. The van der Waals surface area contributed by atoms with Gasteiger partial charge < -0.3 is 9.84 Å². The van der Waals surface area contributed by atoms with E-state index >= 15 is 0 Å². The zero-order valence-corrected chi connectivity index (χ0v) is 10.0. The zero-order chi connectivity index (χ0) is 13.0. The van der Waals surface area contributed by atoms with Crippen LogP contribution in [0.3, 0.4) is 0 Å². The predicted molar refractivity (Wildman–Crippen MR) is 64.1 cm³/mol. The molecule has 0 bridgehead atoms. The average Bonchev–Trinajstić information content (AvgIpc) is 2.77. The van der Waals surface area contributed by atoms with Gasteiger partial charge in [0.2, 0.25) is 0 Å². The Morgan fingerprint density at radius 2 is 2.39 bits per heavy atom. The number of carbonyl (C=O) groups is 1. The molecule has 0 radical (unpaired) electrons. The van der Waals surface area contributed by atoms with Gasteiger partial charge >= 0.3 is 5.97 Å². The maximum Gasteiger partial charge on any atom is 0.320 e. The molecular weight excluding hydrogens is 237 g/mol. The Morgan fingerprint density at radius 3 is 3.11 bits per heavy atom. The number of hydrogen-bond acceptors (Lipinski definition) is 3. The first-order chi connectivity index (χ1) is 8.66. The standard InChI is InChI=1S/C13H16FNO3/c14-10-3-1-4-11(9-10)18-8-7-15-6-2-5-12(15)13(16)17/h1,3-4,9,12H,2,5-8H2,(H,16,17). The van der Waals surface area contributed by atoms with E-state index in [0.717, 1.165) is 13.0 Å². The SMILES string of the molecule is O=C(O)C1CCCN1CCOc1cccc(F)c1. The maximum absolute atomic E-state index is 12.9. The Balaban J connectivity index is 1.80. The third kappa shape index (κ3) is 3.20. The van der Waals surface area contributed by atoms with E-state index < -0.39 is 12.0 Å². The van der Waals surface area contributed by atoms with Crippen molar-refractivity contribution in [3.8, 4) is 5.75 Å². The number of halogens is 1. The molecule has 0 aliphatic carbocycles. The van der Waals surface area contributed by atoms with E-state index in [2.05, 4.69) is 0 Å². The van der Waals surface area contributed by atoms with Gasteiger partial charge in [-0.2, -0.15) is 0 Å². The lowest BCUT2D eigenvalue weighted by molar-refractivity contribution is -0.142. The van der Waals surface area contributed by atoms with Crippen LogP contribution in [-0.2, 0) is 4.79 Å². The first-order valence-electron chi connectivity index (χ1n) is 6.02. The molecule has 1 aliphatic heterocycles. The van der Waals surface area contributed by atoms with Gasteiger partial charge in [-0.1, -0.05) is 6.07 Å². The molecule has 1 aromatic rings. The van der Waals surface area contributed by atoms with Gasteiger partial charge in [0, 0.05) is 12.6 Å². The van der Waals surface area contributed by atoms with E-state index in [1.165, 1.54) is 12.1 Å². The lowest BCUT2D eigenvalue weighted by Gasteiger charge is -2.20. The van der Waals surface area contributed by atoms with Crippen molar-refractivity contribution in [2.75, 3.05) is 19.7 Å². The van der Waals surface area contributed by atoms with Crippen LogP contribution in [0.2, 0.25) is 0 Å². The highest BCUT2D eigenvalue weighted by molar-refractivity contribution is 5.73. The number of ether oxygens (including phenoxy) is 1. The van der Waals surface area contributed by atoms with Gasteiger partial charge in [0.25, 0.3) is 0 Å². The van der Waals surface area contributed by atoms with Crippen LogP contribution in [0.25, 0.3) is 0 Å². The zero-order valence-electron chi connectivity index (χ0n) is 10.0. The third-order valence-corrected chi connectivity index (χ3v) is 3.09. The van der Waals surface area contributed by atoms with Crippen molar-refractivity contribution in [1.29, 1.82) is 0 Å². The van der Waals surface area contributed by atoms with Crippen molar-refractivity contribution in [3.63, 3.8) is 0 Å². The van der Waals surface area contributed by atoms with Crippen molar-refractivity contribution in [3.05, 3.63) is 30.1 Å². The molecule has 18 heavy (non-hydrogen) atoms. The van der Waals surface area contributed by atoms with Gasteiger partial charge in [-0.25, -0.2) is 4.39 Å². The van der Waals surface area contributed by atoms with Crippen molar-refractivity contribution >= 4 is 5.97 Å². The molecule has 0 amide bonds. The van der Waals surface area contributed by atoms with Crippen LogP contribution in [0.15, 0.2) is 24.3 Å². The van der Waals surface area contributed by atoms with Crippen LogP contribution in [0.5, 0.6) is 5.75 Å². The second-order valence-corrected chi connectivity index (χ2v) is 4.34. The Labute approximate surface area is 105 Å². The first kappa shape index (κ1) is 12.8. The fourth-order valence-electron chi connectivity index (χ4n) is 2.21. The van der Waals surface area contributed by atoms with E-state index in [1.807, 2.05) is 4.90 Å². The molecule has 1 unspecified atom stereocenters. The summed E-state index contributed by atoms with van der Waals surface area (Å²) in [5.41, 5.74) is 0. The molecule has 5 heteroatoms. The minimum atomic E-state index is -0.779. The van der Waals surface area contributed by atoms with Crippen molar-refractivity contribution < 1.29 is 19.0 Å². The van der Waals surface area contributed by atoms with Gasteiger partial charge in [-0.05, 0) is 31.5 Å². The summed E-state index contributed by atoms with van der Waals surface area (Å²) >= 11 is 0. The highest BCUT2D eigenvalue weighted by atomic mass is 19.1. The summed E-state index contributed by atoms with van der Waals surface area (Å²) in [5.74, 6) is -0.642. The highest BCUT2D eigenvalue weighted by Gasteiger charge is 2.29. The van der Waals surface area contributed by atoms with E-state index in [0.29, 0.717) is 25.3 Å². The molecular formula is C13H16FNO3. The highest BCUT2D eigenvalue weighted by Crippen LogP contribution is 2.17. The van der Waals surface area contributed by atoms with Crippen LogP contribution in [0, 0.1) is 5.82 Å². The lowest BCUT2D eigenvalue weighted by atomic mass is 10.2. The molecule has 1 heterocycles. The smallest absolute Gasteiger partial charge is 0.320 e. The second kappa shape index (κ2) is 5.82. The molecule has 4 nitrogen and oxygen atoms in total. The molecule has 1 fully saturated rings. The summed E-state index contributed by atoms with van der Waals surface area (Å²) in [6.45, 7) is 1.70. The van der Waals surface area contributed by atoms with Gasteiger partial charge in [0.15, 0.2) is 0 Å². The minimum Gasteiger partial charge on any atom is -0.492 e. The van der Waals surface area contributed by atoms with Gasteiger partial charge in [0.1, 0.15) is 24.2 Å². The van der Waals surface area contributed by atoms with Crippen molar-refractivity contribution in [1.82, 2.24) is 4.90 Å². The van der Waals surface area contributed by atoms with Crippen molar-refractivity contribution in [2.24, 2.45) is 0 Å². The largest absolute Gasteiger partial charge is 0.492 e. The maximum atomic E-state index is 12.9. The normalized spacial score (nSPS) is 19.9. The Bertz CT molecular complexity index is 424. The Hall–Kier alpha value is -1.62. The Kier molecular flexibility index (Phi) is 4.15. The third-order valence-electron chi connectivity index (χ3n) is 3.09. The van der Waals surface area contributed by atoms with Crippen LogP contribution < -0.4 is 4.74 Å². The molecule has 1 atom stereocenters. The number of likely N-dealkylation sites (tertiary alicyclic amines) is 1. The van der Waals surface area contributed by atoms with Gasteiger partial charge in [-0.3, -0.25) is 9.69 Å². The number of rotatable bonds is 5. The number of carboxylic acids is 1. The number of nitrogens with zero attached hydrogens (tertiary/aromatic N) is 1. The molecule has 1 saturated heterocycles. The molecule has 0 spiro atoms. The summed E-state index contributed by atoms with van der Waals surface area (Å²) in [6.07, 6.45) is 1.59. The molecule has 0 aromatic heterocycles. The summed E-state index contributed by atoms with van der Waals surface area (Å²) in [7, 11) is 0. The van der Waals surface area contributed by atoms with E-state index in [-0.39, 0.29) is 5.82 Å². The second-order valence-electron chi connectivity index (χ2n) is 4.34. The predicted octanol–water partition coefficient (Wildman–Crippen LogP) is 1.75. The summed E-state index contributed by atoms with van der Waals surface area (Å²) in [5, 5.41) is 9.00. The van der Waals surface area contributed by atoms with E-state index in [4.69, 9.17) is 9.84 Å². The molecule has 2 rings (SSSR count). The van der Waals surface area contributed by atoms with E-state index in [9.17, 15) is 9.18 Å². The molecule has 98 valence electrons. The fraction of sp³-hybridized carbons (Fsp3) is 0.462. The van der Waals surface area contributed by atoms with Crippen LogP contribution >= 0.6 is 0 Å². The van der Waals surface area contributed by atoms with Crippen LogP contribution in [0.1, 0.15) is 12.8 Å². The number of benzene rings is 1. The number of aliphatic carboxylic acids is 1. The summed E-state index contributed by atoms with van der Waals surface area (Å²) < 4.78 is 18.3. The lowest BCUT2D eigenvalue weighted by Crippen LogP contribution is -2.38. The van der Waals surface area contributed by atoms with Crippen LogP contribution in [0.4, 0.5) is 4.39 Å². The Morgan fingerprint density at radius 1 is 1.56 bits per heavy atom. The average molecular weight is 253 g/mol. The quantitative estimate of drug-likeness (QED) is 0.868. The topological polar surface area (TPSA) is 49.8 Å². The monoisotopic (exact) mass is 253 g/mol. The van der Waals surface area contributed by atoms with Gasteiger partial charge in [0.05, 0.1) is 0 Å². The summed E-state index contributed by atoms with van der Waals surface area (Å²) in [4.78, 5) is 12.8. The molecule has 1 N–H and O–H groups in total. The first-order valence-corrected chi connectivity index (χ1v) is 6.02. The van der Waals surface area contributed by atoms with Gasteiger partial charge in [-0.15, -0.1) is 0 Å². The fourth-order valence-corrected chi connectivity index (χ4v) is 2.21. The minimum absolute atomic E-state index is 0.336. The molecule has 1 aliphatic rings.